The molecule has 1 aromatic carbocycles. The van der Waals surface area contributed by atoms with Crippen LogP contribution in [0.1, 0.15) is 0 Å². The predicted octanol–water partition coefficient (Wildman–Crippen LogP) is 1.55. The molecule has 0 aliphatic carbocycles. The summed E-state index contributed by atoms with van der Waals surface area (Å²) in [5.74, 6) is 0. The van der Waals surface area contributed by atoms with Gasteiger partial charge in [-0.05, 0) is 12.1 Å². The van der Waals surface area contributed by atoms with Crippen molar-refractivity contribution in [2.45, 2.75) is 4.90 Å². The number of rotatable bonds is 4. The highest BCUT2D eigenvalue weighted by Crippen LogP contribution is 2.37. The van der Waals surface area contributed by atoms with Gasteiger partial charge in [0.25, 0.3) is 0 Å². The van der Waals surface area contributed by atoms with Gasteiger partial charge in [0.05, 0.1) is 26.2 Å². The summed E-state index contributed by atoms with van der Waals surface area (Å²) in [6, 6.07) is 8.54. The van der Waals surface area contributed by atoms with E-state index in [0.29, 0.717) is 4.90 Å². The van der Waals surface area contributed by atoms with Crippen molar-refractivity contribution in [2.75, 3.05) is 21.3 Å². The zero-order valence-corrected chi connectivity index (χ0v) is 9.24. The van der Waals surface area contributed by atoms with Crippen molar-refractivity contribution in [3.8, 4) is 0 Å². The Kier molecular flexibility index (Phi) is 3.06. The number of hydrogen-bond acceptors (Lipinski definition) is 4. The molecule has 0 spiro atoms. The smallest absolute Gasteiger partial charge is 0.220 e. The fraction of sp³-hybridized carbons (Fsp3) is 0.333. The summed E-state index contributed by atoms with van der Waals surface area (Å²) in [7, 11) is -0.195. The standard InChI is InChI=1S/C9H14O4S/c1-11-14(10,12-2,13-3)9-7-5-4-6-8-9/h4-8H,1-3H3. The van der Waals surface area contributed by atoms with Crippen LogP contribution in [0.3, 0.4) is 0 Å². The van der Waals surface area contributed by atoms with E-state index in [-0.39, 0.29) is 0 Å². The first-order valence-corrected chi connectivity index (χ1v) is 5.75. The summed E-state index contributed by atoms with van der Waals surface area (Å²) in [4.78, 5) is 0.372. The third kappa shape index (κ3) is 1.59. The molecular weight excluding hydrogens is 204 g/mol. The number of hydrogen-bond donors (Lipinski definition) is 0. The molecule has 0 fully saturated rings. The van der Waals surface area contributed by atoms with E-state index in [1.165, 1.54) is 21.3 Å². The Bertz CT molecular complexity index is 339. The van der Waals surface area contributed by atoms with E-state index < -0.39 is 9.91 Å². The van der Waals surface area contributed by atoms with Crippen LogP contribution in [0, 0.1) is 0 Å². The minimum absolute atomic E-state index is 0.372. The van der Waals surface area contributed by atoms with E-state index in [1.54, 1.807) is 24.3 Å². The molecule has 80 valence electrons. The molecule has 0 unspecified atom stereocenters. The molecule has 0 atom stereocenters. The Morgan fingerprint density at radius 1 is 0.929 bits per heavy atom. The topological polar surface area (TPSA) is 44.8 Å². The monoisotopic (exact) mass is 218 g/mol. The molecule has 0 aliphatic rings. The molecule has 1 aromatic rings. The van der Waals surface area contributed by atoms with Crippen molar-refractivity contribution in [2.24, 2.45) is 0 Å². The van der Waals surface area contributed by atoms with Gasteiger partial charge in [-0.25, -0.2) is 0 Å². The summed E-state index contributed by atoms with van der Waals surface area (Å²) in [5, 5.41) is 0. The average Bonchev–Trinajstić information content (AvgIpc) is 2.30. The van der Waals surface area contributed by atoms with Crippen LogP contribution >= 0.6 is 0 Å². The predicted molar refractivity (Wildman–Crippen MR) is 53.9 cm³/mol. The molecule has 1 rings (SSSR count). The largest absolute Gasteiger partial charge is 0.273 e. The highest BCUT2D eigenvalue weighted by molar-refractivity contribution is 8.07. The van der Waals surface area contributed by atoms with Crippen molar-refractivity contribution in [1.82, 2.24) is 0 Å². The number of benzene rings is 1. The summed E-state index contributed by atoms with van der Waals surface area (Å²) in [6.07, 6.45) is 0. The third-order valence-electron chi connectivity index (χ3n) is 1.99. The summed E-state index contributed by atoms with van der Waals surface area (Å²) >= 11 is 0. The van der Waals surface area contributed by atoms with E-state index in [0.717, 1.165) is 0 Å². The molecule has 0 aromatic heterocycles. The van der Waals surface area contributed by atoms with Gasteiger partial charge in [-0.1, -0.05) is 18.2 Å². The van der Waals surface area contributed by atoms with Crippen molar-refractivity contribution >= 4 is 9.91 Å². The maximum Gasteiger partial charge on any atom is 0.220 e. The van der Waals surface area contributed by atoms with E-state index in [2.05, 4.69) is 0 Å². The van der Waals surface area contributed by atoms with Gasteiger partial charge in [-0.15, -0.1) is 0 Å². The van der Waals surface area contributed by atoms with E-state index in [9.17, 15) is 4.21 Å². The van der Waals surface area contributed by atoms with Crippen LogP contribution in [0.25, 0.3) is 0 Å². The van der Waals surface area contributed by atoms with Crippen LogP contribution in [-0.2, 0) is 22.5 Å². The second-order valence-electron chi connectivity index (χ2n) is 2.55. The second-order valence-corrected chi connectivity index (χ2v) is 5.51. The maximum atomic E-state index is 12.4. The lowest BCUT2D eigenvalue weighted by atomic mass is 10.4. The third-order valence-corrected chi connectivity index (χ3v) is 4.76. The lowest BCUT2D eigenvalue weighted by molar-refractivity contribution is 0.185. The lowest BCUT2D eigenvalue weighted by Crippen LogP contribution is -2.38. The second kappa shape index (κ2) is 3.78. The van der Waals surface area contributed by atoms with Gasteiger partial charge < -0.3 is 0 Å². The van der Waals surface area contributed by atoms with Gasteiger partial charge in [0, 0.05) is 0 Å². The molecule has 0 saturated carbocycles. The Hall–Kier alpha value is -0.750. The SMILES string of the molecule is COS(=O)(OC)(OC)c1ccccc1. The Morgan fingerprint density at radius 2 is 1.36 bits per heavy atom. The Balaban J connectivity index is 3.34. The minimum atomic E-state index is -4.05. The van der Waals surface area contributed by atoms with Gasteiger partial charge in [-0.2, -0.15) is 4.21 Å². The Labute approximate surface area is 83.8 Å². The fourth-order valence-corrected chi connectivity index (χ4v) is 2.72. The first-order chi connectivity index (χ1) is 6.59. The maximum absolute atomic E-state index is 12.4. The van der Waals surface area contributed by atoms with Crippen LogP contribution < -0.4 is 0 Å². The van der Waals surface area contributed by atoms with Gasteiger partial charge in [0.15, 0.2) is 0 Å². The van der Waals surface area contributed by atoms with Crippen LogP contribution in [0.5, 0.6) is 0 Å². The van der Waals surface area contributed by atoms with Crippen LogP contribution in [0.2, 0.25) is 0 Å². The summed E-state index contributed by atoms with van der Waals surface area (Å²) in [6.45, 7) is 0. The highest BCUT2D eigenvalue weighted by atomic mass is 32.3. The van der Waals surface area contributed by atoms with Crippen LogP contribution in [-0.4, -0.2) is 25.5 Å². The van der Waals surface area contributed by atoms with Crippen LogP contribution in [0.4, 0.5) is 0 Å². The van der Waals surface area contributed by atoms with Crippen molar-refractivity contribution in [1.29, 1.82) is 0 Å². The van der Waals surface area contributed by atoms with Crippen molar-refractivity contribution in [3.05, 3.63) is 30.3 Å². The van der Waals surface area contributed by atoms with E-state index >= 15 is 0 Å². The fourth-order valence-electron chi connectivity index (χ4n) is 1.14. The minimum Gasteiger partial charge on any atom is -0.273 e. The summed E-state index contributed by atoms with van der Waals surface area (Å²) < 4.78 is 27.2. The Morgan fingerprint density at radius 3 is 1.71 bits per heavy atom. The molecule has 0 bridgehead atoms. The molecule has 4 nitrogen and oxygen atoms in total. The molecule has 0 heterocycles. The quantitative estimate of drug-likeness (QED) is 0.769. The lowest BCUT2D eigenvalue weighted by Gasteiger charge is -2.36. The molecule has 0 radical (unpaired) electrons. The summed E-state index contributed by atoms with van der Waals surface area (Å²) in [5.41, 5.74) is 0. The zero-order valence-electron chi connectivity index (χ0n) is 8.43. The highest BCUT2D eigenvalue weighted by Gasteiger charge is 2.38. The van der Waals surface area contributed by atoms with Crippen molar-refractivity contribution in [3.63, 3.8) is 0 Å². The van der Waals surface area contributed by atoms with Crippen molar-refractivity contribution < 1.29 is 16.8 Å². The van der Waals surface area contributed by atoms with Gasteiger partial charge >= 0.3 is 0 Å². The molecule has 0 amide bonds. The average molecular weight is 218 g/mol. The first-order valence-electron chi connectivity index (χ1n) is 4.01. The molecule has 5 heteroatoms. The van der Waals surface area contributed by atoms with Gasteiger partial charge in [0.2, 0.25) is 9.91 Å². The molecular formula is C9H14O4S. The van der Waals surface area contributed by atoms with Crippen LogP contribution in [0.15, 0.2) is 35.2 Å². The normalized spacial score (nSPS) is 14.6. The van der Waals surface area contributed by atoms with E-state index in [4.69, 9.17) is 12.5 Å². The molecule has 0 aliphatic heterocycles. The molecule has 0 N–H and O–H groups in total. The van der Waals surface area contributed by atoms with Gasteiger partial charge in [-0.3, -0.25) is 12.5 Å². The molecule has 0 saturated heterocycles. The van der Waals surface area contributed by atoms with Gasteiger partial charge in [0.1, 0.15) is 0 Å². The van der Waals surface area contributed by atoms with E-state index in [1.807, 2.05) is 6.07 Å². The zero-order chi connectivity index (χ0) is 10.7. The molecule has 14 heavy (non-hydrogen) atoms. The first kappa shape index (κ1) is 11.3.